The number of unbranched alkanes of at least 4 members (excludes halogenated alkanes) is 1. The van der Waals surface area contributed by atoms with Crippen LogP contribution in [0.3, 0.4) is 0 Å². The highest BCUT2D eigenvalue weighted by molar-refractivity contribution is 5.95. The highest BCUT2D eigenvalue weighted by Gasteiger charge is 2.24. The van der Waals surface area contributed by atoms with Gasteiger partial charge in [-0.15, -0.1) is 0 Å². The molecule has 2 N–H and O–H groups in total. The summed E-state index contributed by atoms with van der Waals surface area (Å²) in [5.74, 6) is -1.46. The number of anilines is 1. The number of amides is 1. The first-order valence-electron chi connectivity index (χ1n) is 12.3. The molecule has 1 unspecified atom stereocenters. The van der Waals surface area contributed by atoms with Crippen molar-refractivity contribution < 1.29 is 28.2 Å². The van der Waals surface area contributed by atoms with Gasteiger partial charge in [0.2, 0.25) is 0 Å². The Hall–Kier alpha value is -3.24. The van der Waals surface area contributed by atoms with Crippen molar-refractivity contribution in [2.75, 3.05) is 37.8 Å². The number of hydrogen-bond acceptors (Lipinski definition) is 6. The summed E-state index contributed by atoms with van der Waals surface area (Å²) >= 11 is 0. The molecule has 36 heavy (non-hydrogen) atoms. The smallest absolute Gasteiger partial charge is 0.270 e. The van der Waals surface area contributed by atoms with E-state index in [2.05, 4.69) is 15.2 Å². The molecule has 194 valence electrons. The number of aryl methyl sites for hydroxylation is 1. The van der Waals surface area contributed by atoms with Crippen molar-refractivity contribution in [1.82, 2.24) is 14.7 Å². The fourth-order valence-electron chi connectivity index (χ4n) is 4.32. The van der Waals surface area contributed by atoms with Gasteiger partial charge >= 0.3 is 0 Å². The quantitative estimate of drug-likeness (QED) is 0.440. The first kappa shape index (κ1) is 25.8. The molecular weight excluding hydrogens is 470 g/mol. The Morgan fingerprint density at radius 2 is 2.00 bits per heavy atom. The van der Waals surface area contributed by atoms with Crippen molar-refractivity contribution >= 4 is 17.2 Å². The SMILES string of the molecule is CCCCC(CO)NC(=O)c1c(C)nc2c(OCc3c(F)cccc3F)cc(N3CCOCC3)cn12. The number of aromatic nitrogens is 2. The van der Waals surface area contributed by atoms with E-state index in [0.29, 0.717) is 55.5 Å². The van der Waals surface area contributed by atoms with Crippen LogP contribution in [0.5, 0.6) is 5.75 Å². The molecular formula is C26H32F2N4O4. The summed E-state index contributed by atoms with van der Waals surface area (Å²) in [6.45, 7) is 5.67. The Labute approximate surface area is 208 Å². The Kier molecular flexibility index (Phi) is 8.37. The Balaban J connectivity index is 1.72. The predicted molar refractivity (Wildman–Crippen MR) is 132 cm³/mol. The maximum Gasteiger partial charge on any atom is 0.270 e. The number of halogens is 2. The van der Waals surface area contributed by atoms with E-state index in [1.54, 1.807) is 17.4 Å². The van der Waals surface area contributed by atoms with E-state index in [1.165, 1.54) is 18.2 Å². The molecule has 1 amide bonds. The standard InChI is InChI=1S/C26H32F2N4O4/c1-3-4-6-18(15-33)30-26(34)24-17(2)29-25-23(36-16-20-21(27)7-5-8-22(20)28)13-19(14-32(24)25)31-9-11-35-12-10-31/h5,7-8,13-14,18,33H,3-4,6,9-12,15-16H2,1-2H3,(H,30,34). The van der Waals surface area contributed by atoms with Gasteiger partial charge in [-0.1, -0.05) is 25.8 Å². The fraction of sp³-hybridized carbons (Fsp3) is 0.462. The summed E-state index contributed by atoms with van der Waals surface area (Å²) in [6, 6.07) is 5.06. The van der Waals surface area contributed by atoms with Crippen molar-refractivity contribution in [3.63, 3.8) is 0 Å². The molecule has 3 heterocycles. The van der Waals surface area contributed by atoms with Crippen LogP contribution in [0.1, 0.15) is 47.9 Å². The van der Waals surface area contributed by atoms with Crippen LogP contribution in [-0.2, 0) is 11.3 Å². The molecule has 1 saturated heterocycles. The van der Waals surface area contributed by atoms with Crippen molar-refractivity contribution in [1.29, 1.82) is 0 Å². The maximum atomic E-state index is 14.2. The molecule has 2 aromatic heterocycles. The van der Waals surface area contributed by atoms with Crippen molar-refractivity contribution in [3.8, 4) is 5.75 Å². The largest absolute Gasteiger partial charge is 0.485 e. The first-order chi connectivity index (χ1) is 17.4. The molecule has 0 saturated carbocycles. The van der Waals surface area contributed by atoms with Gasteiger partial charge < -0.3 is 24.8 Å². The number of carbonyl (C=O) groups is 1. The molecule has 8 nitrogen and oxygen atoms in total. The van der Waals surface area contributed by atoms with Gasteiger partial charge in [-0.2, -0.15) is 0 Å². The zero-order chi connectivity index (χ0) is 25.7. The molecule has 3 aromatic rings. The number of nitrogens with one attached hydrogen (secondary N) is 1. The second-order valence-corrected chi connectivity index (χ2v) is 8.89. The number of fused-ring (bicyclic) bond motifs is 1. The van der Waals surface area contributed by atoms with Gasteiger partial charge in [-0.3, -0.25) is 9.20 Å². The zero-order valence-corrected chi connectivity index (χ0v) is 20.6. The lowest BCUT2D eigenvalue weighted by Crippen LogP contribution is -2.38. The van der Waals surface area contributed by atoms with Gasteiger partial charge in [-0.25, -0.2) is 13.8 Å². The highest BCUT2D eigenvalue weighted by atomic mass is 19.1. The number of ether oxygens (including phenoxy) is 2. The molecule has 4 rings (SSSR count). The van der Waals surface area contributed by atoms with Gasteiger partial charge in [0.1, 0.15) is 23.9 Å². The lowest BCUT2D eigenvalue weighted by molar-refractivity contribution is 0.0905. The summed E-state index contributed by atoms with van der Waals surface area (Å²) in [5, 5.41) is 12.6. The molecule has 0 spiro atoms. The molecule has 0 bridgehead atoms. The predicted octanol–water partition coefficient (Wildman–Crippen LogP) is 3.62. The number of imidazole rings is 1. The summed E-state index contributed by atoms with van der Waals surface area (Å²) in [5.41, 5.74) is 1.74. The normalized spacial score (nSPS) is 14.8. The van der Waals surface area contributed by atoms with Crippen LogP contribution in [0, 0.1) is 18.6 Å². The Bertz CT molecular complexity index is 1190. The van der Waals surface area contributed by atoms with Gasteiger partial charge in [0.15, 0.2) is 11.4 Å². The van der Waals surface area contributed by atoms with E-state index in [4.69, 9.17) is 9.47 Å². The van der Waals surface area contributed by atoms with E-state index in [9.17, 15) is 18.7 Å². The number of rotatable bonds is 10. The molecule has 1 atom stereocenters. The number of pyridine rings is 1. The monoisotopic (exact) mass is 502 g/mol. The zero-order valence-electron chi connectivity index (χ0n) is 20.6. The molecule has 1 fully saturated rings. The average molecular weight is 503 g/mol. The van der Waals surface area contributed by atoms with Crippen molar-refractivity contribution in [3.05, 3.63) is 59.0 Å². The Morgan fingerprint density at radius 3 is 2.67 bits per heavy atom. The second-order valence-electron chi connectivity index (χ2n) is 8.89. The average Bonchev–Trinajstić information content (AvgIpc) is 3.22. The lowest BCUT2D eigenvalue weighted by atomic mass is 10.1. The number of aliphatic hydroxyl groups is 1. The molecule has 1 aliphatic heterocycles. The Morgan fingerprint density at radius 1 is 1.28 bits per heavy atom. The number of hydrogen-bond donors (Lipinski definition) is 2. The van der Waals surface area contributed by atoms with Crippen molar-refractivity contribution in [2.45, 2.75) is 45.8 Å². The van der Waals surface area contributed by atoms with Crippen LogP contribution in [0.4, 0.5) is 14.5 Å². The fourth-order valence-corrected chi connectivity index (χ4v) is 4.32. The topological polar surface area (TPSA) is 88.3 Å². The minimum atomic E-state index is -0.697. The molecule has 10 heteroatoms. The summed E-state index contributed by atoms with van der Waals surface area (Å²) < 4.78 is 41.5. The maximum absolute atomic E-state index is 14.2. The summed E-state index contributed by atoms with van der Waals surface area (Å²) in [7, 11) is 0. The van der Waals surface area contributed by atoms with E-state index < -0.39 is 11.6 Å². The molecule has 0 aliphatic carbocycles. The summed E-state index contributed by atoms with van der Waals surface area (Å²) in [6.07, 6.45) is 4.30. The highest BCUT2D eigenvalue weighted by Crippen LogP contribution is 2.30. The third-order valence-electron chi connectivity index (χ3n) is 6.33. The molecule has 0 radical (unpaired) electrons. The number of benzene rings is 1. The van der Waals surface area contributed by atoms with E-state index >= 15 is 0 Å². The van der Waals surface area contributed by atoms with Crippen molar-refractivity contribution in [2.24, 2.45) is 0 Å². The second kappa shape index (κ2) is 11.7. The number of morpholine rings is 1. The number of nitrogens with zero attached hydrogens (tertiary/aromatic N) is 3. The van der Waals surface area contributed by atoms with Crippen LogP contribution in [-0.4, -0.2) is 59.4 Å². The molecule has 1 aliphatic rings. The first-order valence-corrected chi connectivity index (χ1v) is 12.3. The molecule has 1 aromatic carbocycles. The van der Waals surface area contributed by atoms with E-state index in [0.717, 1.165) is 18.5 Å². The van der Waals surface area contributed by atoms with Gasteiger partial charge in [0.25, 0.3) is 5.91 Å². The third kappa shape index (κ3) is 5.60. The number of aliphatic hydroxyl groups excluding tert-OH is 1. The van der Waals surface area contributed by atoms with E-state index in [1.807, 2.05) is 13.1 Å². The van der Waals surface area contributed by atoms with Crippen LogP contribution in [0.15, 0.2) is 30.5 Å². The van der Waals surface area contributed by atoms with Crippen LogP contribution in [0.25, 0.3) is 5.65 Å². The van der Waals surface area contributed by atoms with Gasteiger partial charge in [0.05, 0.1) is 42.8 Å². The van der Waals surface area contributed by atoms with Crippen LogP contribution < -0.4 is 15.0 Å². The van der Waals surface area contributed by atoms with Crippen LogP contribution >= 0.6 is 0 Å². The minimum Gasteiger partial charge on any atom is -0.485 e. The minimum absolute atomic E-state index is 0.164. The van der Waals surface area contributed by atoms with Gasteiger partial charge in [-0.05, 0) is 25.5 Å². The van der Waals surface area contributed by atoms with Crippen LogP contribution in [0.2, 0.25) is 0 Å². The summed E-state index contributed by atoms with van der Waals surface area (Å²) in [4.78, 5) is 19.9. The number of carbonyl (C=O) groups excluding carboxylic acids is 1. The van der Waals surface area contributed by atoms with E-state index in [-0.39, 0.29) is 30.7 Å². The lowest BCUT2D eigenvalue weighted by Gasteiger charge is -2.29. The van der Waals surface area contributed by atoms with Gasteiger partial charge in [0, 0.05) is 25.4 Å². The third-order valence-corrected chi connectivity index (χ3v) is 6.33.